The van der Waals surface area contributed by atoms with Crippen LogP contribution in [0.5, 0.6) is 0 Å². The number of urea groups is 1. The molecule has 2 rings (SSSR count). The Morgan fingerprint density at radius 1 is 1.18 bits per heavy atom. The van der Waals surface area contributed by atoms with E-state index in [4.69, 9.17) is 0 Å². The maximum atomic E-state index is 12.3. The Labute approximate surface area is 134 Å². The molecular formula is C15H29N3O3S. The van der Waals surface area contributed by atoms with Gasteiger partial charge in [-0.05, 0) is 31.1 Å². The van der Waals surface area contributed by atoms with Gasteiger partial charge in [0.05, 0.1) is 0 Å². The lowest BCUT2D eigenvalue weighted by atomic mass is 9.79. The van der Waals surface area contributed by atoms with Crippen LogP contribution in [0.2, 0.25) is 0 Å². The summed E-state index contributed by atoms with van der Waals surface area (Å²) in [6, 6.07) is -0.482. The molecule has 0 atom stereocenters. The maximum absolute atomic E-state index is 12.3. The summed E-state index contributed by atoms with van der Waals surface area (Å²) < 4.78 is 28.1. The summed E-state index contributed by atoms with van der Waals surface area (Å²) in [6.45, 7) is 5.30. The lowest BCUT2D eigenvalue weighted by molar-refractivity contribution is 0.168. The van der Waals surface area contributed by atoms with Crippen LogP contribution in [0, 0.1) is 5.41 Å². The van der Waals surface area contributed by atoms with E-state index in [1.807, 2.05) is 0 Å². The zero-order valence-electron chi connectivity index (χ0n) is 13.7. The van der Waals surface area contributed by atoms with Gasteiger partial charge in [-0.15, -0.1) is 0 Å². The van der Waals surface area contributed by atoms with Crippen molar-refractivity contribution >= 4 is 16.2 Å². The fourth-order valence-electron chi connectivity index (χ4n) is 3.26. The van der Waals surface area contributed by atoms with E-state index in [2.05, 4.69) is 23.9 Å². The second-order valence-electron chi connectivity index (χ2n) is 6.98. The molecule has 0 spiro atoms. The monoisotopic (exact) mass is 331 g/mol. The molecule has 0 aromatic carbocycles. The molecule has 1 aliphatic carbocycles. The first-order chi connectivity index (χ1) is 10.3. The number of piperidine rings is 1. The third-order valence-corrected chi connectivity index (χ3v) is 6.77. The zero-order valence-corrected chi connectivity index (χ0v) is 14.5. The summed E-state index contributed by atoms with van der Waals surface area (Å²) in [5.74, 6) is 0. The summed E-state index contributed by atoms with van der Waals surface area (Å²) in [5, 5.41) is 2.79. The quantitative estimate of drug-likeness (QED) is 0.830. The van der Waals surface area contributed by atoms with Gasteiger partial charge in [0.25, 0.3) is 0 Å². The number of carbonyl (C=O) groups excluding carboxylic acids is 1. The van der Waals surface area contributed by atoms with Crippen LogP contribution in [-0.2, 0) is 10.2 Å². The van der Waals surface area contributed by atoms with Crippen LogP contribution in [0.15, 0.2) is 0 Å². The van der Waals surface area contributed by atoms with Gasteiger partial charge >= 0.3 is 16.2 Å². The van der Waals surface area contributed by atoms with Gasteiger partial charge in [0.15, 0.2) is 0 Å². The molecular weight excluding hydrogens is 302 g/mol. The van der Waals surface area contributed by atoms with Gasteiger partial charge in [-0.3, -0.25) is 0 Å². The van der Waals surface area contributed by atoms with Crippen molar-refractivity contribution in [2.75, 3.05) is 13.1 Å². The van der Waals surface area contributed by atoms with Crippen LogP contribution in [0.25, 0.3) is 0 Å². The van der Waals surface area contributed by atoms with E-state index >= 15 is 0 Å². The molecule has 2 fully saturated rings. The van der Waals surface area contributed by atoms with Gasteiger partial charge in [-0.2, -0.15) is 12.7 Å². The van der Waals surface area contributed by atoms with Crippen molar-refractivity contribution in [3.8, 4) is 0 Å². The number of carbonyl (C=O) groups is 1. The topological polar surface area (TPSA) is 78.5 Å². The number of nitrogens with one attached hydrogen (secondary N) is 2. The van der Waals surface area contributed by atoms with Crippen molar-refractivity contribution in [1.82, 2.24) is 14.3 Å². The minimum absolute atomic E-state index is 0.105. The first kappa shape index (κ1) is 17.5. The van der Waals surface area contributed by atoms with E-state index < -0.39 is 16.2 Å². The van der Waals surface area contributed by atoms with Crippen LogP contribution in [0.4, 0.5) is 4.79 Å². The molecule has 2 amide bonds. The lowest BCUT2D eigenvalue weighted by Crippen LogP contribution is -2.52. The van der Waals surface area contributed by atoms with Crippen molar-refractivity contribution in [3.63, 3.8) is 0 Å². The average Bonchev–Trinajstić information content (AvgIpc) is 2.48. The minimum Gasteiger partial charge on any atom is -0.335 e. The molecule has 1 saturated carbocycles. The molecule has 1 aliphatic heterocycles. The van der Waals surface area contributed by atoms with Crippen LogP contribution in [-0.4, -0.2) is 37.9 Å². The van der Waals surface area contributed by atoms with E-state index in [0.29, 0.717) is 13.1 Å². The third-order valence-electron chi connectivity index (χ3n) is 5.29. The summed E-state index contributed by atoms with van der Waals surface area (Å²) in [5.41, 5.74) is 0.219. The Morgan fingerprint density at radius 2 is 1.77 bits per heavy atom. The SMILES string of the molecule is CCC1(C)CCN(S(=O)(=O)NC(=O)NC2CCCCC2)CC1. The number of amides is 2. The van der Waals surface area contributed by atoms with E-state index in [1.165, 1.54) is 10.7 Å². The summed E-state index contributed by atoms with van der Waals surface area (Å²) >= 11 is 0. The van der Waals surface area contributed by atoms with Gasteiger partial charge in [0.1, 0.15) is 0 Å². The molecule has 0 radical (unpaired) electrons. The Kier molecular flexibility index (Phi) is 5.71. The molecule has 22 heavy (non-hydrogen) atoms. The molecule has 1 saturated heterocycles. The predicted molar refractivity (Wildman–Crippen MR) is 86.7 cm³/mol. The highest BCUT2D eigenvalue weighted by atomic mass is 32.2. The molecule has 0 bridgehead atoms. The van der Waals surface area contributed by atoms with E-state index in [1.54, 1.807) is 0 Å². The summed E-state index contributed by atoms with van der Waals surface area (Å²) in [7, 11) is -3.72. The number of nitrogens with zero attached hydrogens (tertiary/aromatic N) is 1. The Hall–Kier alpha value is -0.820. The highest BCUT2D eigenvalue weighted by molar-refractivity contribution is 7.87. The summed E-state index contributed by atoms with van der Waals surface area (Å²) in [6.07, 6.45) is 8.00. The van der Waals surface area contributed by atoms with Gasteiger partial charge in [0.2, 0.25) is 0 Å². The average molecular weight is 331 g/mol. The first-order valence-electron chi connectivity index (χ1n) is 8.43. The standard InChI is InChI=1S/C15H29N3O3S/c1-3-15(2)9-11-18(12-10-15)22(20,21)17-14(19)16-13-7-5-4-6-8-13/h13H,3-12H2,1-2H3,(H2,16,17,19). The second-order valence-corrected chi connectivity index (χ2v) is 8.65. The van der Waals surface area contributed by atoms with Crippen molar-refractivity contribution in [1.29, 1.82) is 0 Å². The Balaban J connectivity index is 1.84. The molecule has 2 aliphatic rings. The van der Waals surface area contributed by atoms with Gasteiger partial charge in [0, 0.05) is 19.1 Å². The molecule has 0 aromatic rings. The first-order valence-corrected chi connectivity index (χ1v) is 9.87. The molecule has 1 heterocycles. The predicted octanol–water partition coefficient (Wildman–Crippen LogP) is 2.38. The van der Waals surface area contributed by atoms with Crippen molar-refractivity contribution in [3.05, 3.63) is 0 Å². The van der Waals surface area contributed by atoms with Crippen LogP contribution in [0.1, 0.15) is 65.2 Å². The van der Waals surface area contributed by atoms with Gasteiger partial charge < -0.3 is 5.32 Å². The highest BCUT2D eigenvalue weighted by Crippen LogP contribution is 2.34. The van der Waals surface area contributed by atoms with E-state index in [0.717, 1.165) is 44.9 Å². The van der Waals surface area contributed by atoms with Crippen molar-refractivity contribution < 1.29 is 13.2 Å². The molecule has 6 nitrogen and oxygen atoms in total. The smallest absolute Gasteiger partial charge is 0.329 e. The van der Waals surface area contributed by atoms with Crippen molar-refractivity contribution in [2.24, 2.45) is 5.41 Å². The molecule has 128 valence electrons. The number of hydrogen-bond donors (Lipinski definition) is 2. The van der Waals surface area contributed by atoms with E-state index in [9.17, 15) is 13.2 Å². The Bertz CT molecular complexity index is 478. The van der Waals surface area contributed by atoms with Crippen LogP contribution < -0.4 is 10.0 Å². The minimum atomic E-state index is -3.72. The normalized spacial score (nSPS) is 23.9. The maximum Gasteiger partial charge on any atom is 0.329 e. The van der Waals surface area contributed by atoms with E-state index in [-0.39, 0.29) is 11.5 Å². The van der Waals surface area contributed by atoms with Crippen LogP contribution >= 0.6 is 0 Å². The van der Waals surface area contributed by atoms with Crippen LogP contribution in [0.3, 0.4) is 0 Å². The third kappa shape index (κ3) is 4.59. The number of hydrogen-bond acceptors (Lipinski definition) is 3. The largest absolute Gasteiger partial charge is 0.335 e. The Morgan fingerprint density at radius 3 is 2.32 bits per heavy atom. The van der Waals surface area contributed by atoms with Crippen molar-refractivity contribution in [2.45, 2.75) is 71.3 Å². The fraction of sp³-hybridized carbons (Fsp3) is 0.933. The molecule has 0 unspecified atom stereocenters. The molecule has 0 aromatic heterocycles. The highest BCUT2D eigenvalue weighted by Gasteiger charge is 2.34. The molecule has 7 heteroatoms. The van der Waals surface area contributed by atoms with Gasteiger partial charge in [-0.25, -0.2) is 9.52 Å². The zero-order chi connectivity index (χ0) is 16.2. The lowest BCUT2D eigenvalue weighted by Gasteiger charge is -2.38. The fourth-order valence-corrected chi connectivity index (χ4v) is 4.35. The number of rotatable bonds is 4. The molecule has 2 N–H and O–H groups in total. The second kappa shape index (κ2) is 7.17. The summed E-state index contributed by atoms with van der Waals surface area (Å²) in [4.78, 5) is 11.9. The van der Waals surface area contributed by atoms with Gasteiger partial charge in [-0.1, -0.05) is 39.5 Å².